The second kappa shape index (κ2) is 8.42. The Morgan fingerprint density at radius 2 is 1.53 bits per heavy atom. The number of hydrogen-bond donors (Lipinski definition) is 1. The summed E-state index contributed by atoms with van der Waals surface area (Å²) in [6.07, 6.45) is 0. The molecule has 0 bridgehead atoms. The molecule has 5 heteroatoms. The van der Waals surface area contributed by atoms with Crippen LogP contribution in [0.5, 0.6) is 0 Å². The van der Waals surface area contributed by atoms with Gasteiger partial charge in [-0.15, -0.1) is 0 Å². The van der Waals surface area contributed by atoms with E-state index in [0.717, 1.165) is 27.9 Å². The highest BCUT2D eigenvalue weighted by atomic mass is 19.1. The minimum Gasteiger partial charge on any atom is -0.350 e. The summed E-state index contributed by atoms with van der Waals surface area (Å²) in [6.45, 7) is 8.04. The van der Waals surface area contributed by atoms with Crippen LogP contribution >= 0.6 is 0 Å². The highest BCUT2D eigenvalue weighted by Gasteiger charge is 2.39. The number of carbonyl (C=O) groups excluding carboxylic acids is 2. The zero-order valence-corrected chi connectivity index (χ0v) is 18.6. The molecule has 3 aromatic carbocycles. The molecule has 1 N–H and O–H groups in total. The van der Waals surface area contributed by atoms with Gasteiger partial charge >= 0.3 is 0 Å². The largest absolute Gasteiger partial charge is 0.350 e. The van der Waals surface area contributed by atoms with Crippen LogP contribution in [0.25, 0.3) is 5.57 Å². The van der Waals surface area contributed by atoms with Gasteiger partial charge in [-0.25, -0.2) is 4.39 Å². The Bertz CT molecular complexity index is 1260. The smallest absolute Gasteiger partial charge is 0.278 e. The van der Waals surface area contributed by atoms with Crippen molar-refractivity contribution in [2.24, 2.45) is 0 Å². The molecular formula is C27H25FN2O2. The van der Waals surface area contributed by atoms with Gasteiger partial charge in [0.15, 0.2) is 0 Å². The molecule has 0 radical (unpaired) electrons. The quantitative estimate of drug-likeness (QED) is 0.550. The highest BCUT2D eigenvalue weighted by molar-refractivity contribution is 6.36. The lowest BCUT2D eigenvalue weighted by molar-refractivity contribution is -0.137. The van der Waals surface area contributed by atoms with E-state index in [1.807, 2.05) is 64.1 Å². The van der Waals surface area contributed by atoms with Gasteiger partial charge in [0.05, 0.1) is 12.1 Å². The van der Waals surface area contributed by atoms with Crippen LogP contribution in [0.2, 0.25) is 0 Å². The van der Waals surface area contributed by atoms with Crippen molar-refractivity contribution in [1.82, 2.24) is 4.90 Å². The molecule has 0 unspecified atom stereocenters. The van der Waals surface area contributed by atoms with Crippen LogP contribution in [0, 0.1) is 33.5 Å². The van der Waals surface area contributed by atoms with Crippen LogP contribution in [-0.2, 0) is 16.1 Å². The van der Waals surface area contributed by atoms with Gasteiger partial charge in [0.2, 0.25) is 0 Å². The van der Waals surface area contributed by atoms with Crippen LogP contribution in [0.3, 0.4) is 0 Å². The van der Waals surface area contributed by atoms with Gasteiger partial charge in [0, 0.05) is 5.69 Å². The zero-order valence-electron chi connectivity index (χ0n) is 18.6. The van der Waals surface area contributed by atoms with E-state index < -0.39 is 5.91 Å². The van der Waals surface area contributed by atoms with Crippen molar-refractivity contribution >= 4 is 23.1 Å². The molecule has 0 aromatic heterocycles. The Morgan fingerprint density at radius 3 is 2.22 bits per heavy atom. The number of anilines is 1. The molecule has 0 aliphatic carbocycles. The molecule has 2 amide bonds. The summed E-state index contributed by atoms with van der Waals surface area (Å²) in [5.74, 6) is -1.12. The molecule has 0 atom stereocenters. The van der Waals surface area contributed by atoms with Gasteiger partial charge in [0.25, 0.3) is 11.8 Å². The van der Waals surface area contributed by atoms with E-state index >= 15 is 0 Å². The summed E-state index contributed by atoms with van der Waals surface area (Å²) in [7, 11) is 0. The number of halogens is 1. The van der Waals surface area contributed by atoms with Crippen molar-refractivity contribution in [2.45, 2.75) is 34.2 Å². The summed E-state index contributed by atoms with van der Waals surface area (Å²) < 4.78 is 13.3. The predicted molar refractivity (Wildman–Crippen MR) is 124 cm³/mol. The number of imide groups is 1. The molecule has 3 aromatic rings. The first kappa shape index (κ1) is 21.5. The SMILES string of the molecule is Cc1ccc(C2=C(Nc3cccc(C)c3C)C(=O)N(Cc3ccc(F)cc3)C2=O)cc1C. The van der Waals surface area contributed by atoms with Crippen molar-refractivity contribution in [3.63, 3.8) is 0 Å². The van der Waals surface area contributed by atoms with E-state index in [1.165, 1.54) is 17.0 Å². The maximum Gasteiger partial charge on any atom is 0.278 e. The summed E-state index contributed by atoms with van der Waals surface area (Å²) >= 11 is 0. The Morgan fingerprint density at radius 1 is 0.812 bits per heavy atom. The van der Waals surface area contributed by atoms with E-state index in [4.69, 9.17) is 0 Å². The first-order chi connectivity index (χ1) is 15.3. The molecule has 0 saturated heterocycles. The number of benzene rings is 3. The van der Waals surface area contributed by atoms with Gasteiger partial charge in [0.1, 0.15) is 11.5 Å². The lowest BCUT2D eigenvalue weighted by atomic mass is 9.99. The summed E-state index contributed by atoms with van der Waals surface area (Å²) in [5.41, 5.74) is 7.01. The van der Waals surface area contributed by atoms with E-state index in [1.54, 1.807) is 12.1 Å². The third-order valence-electron chi connectivity index (χ3n) is 6.08. The number of aryl methyl sites for hydroxylation is 3. The van der Waals surface area contributed by atoms with E-state index in [-0.39, 0.29) is 24.0 Å². The van der Waals surface area contributed by atoms with Gasteiger partial charge in [-0.05, 0) is 79.3 Å². The van der Waals surface area contributed by atoms with Crippen LogP contribution in [0.15, 0.2) is 66.4 Å². The number of nitrogens with one attached hydrogen (secondary N) is 1. The van der Waals surface area contributed by atoms with Crippen LogP contribution in [-0.4, -0.2) is 16.7 Å². The van der Waals surface area contributed by atoms with Crippen LogP contribution in [0.4, 0.5) is 10.1 Å². The van der Waals surface area contributed by atoms with E-state index in [2.05, 4.69) is 5.32 Å². The number of hydrogen-bond acceptors (Lipinski definition) is 3. The fourth-order valence-electron chi connectivity index (χ4n) is 3.79. The van der Waals surface area contributed by atoms with Crippen molar-refractivity contribution < 1.29 is 14.0 Å². The predicted octanol–water partition coefficient (Wildman–Crippen LogP) is 5.45. The highest BCUT2D eigenvalue weighted by Crippen LogP contribution is 2.33. The molecule has 0 saturated carbocycles. The fraction of sp³-hybridized carbons (Fsp3) is 0.185. The second-order valence-corrected chi connectivity index (χ2v) is 8.24. The Labute approximate surface area is 187 Å². The molecule has 1 aliphatic rings. The summed E-state index contributed by atoms with van der Waals surface area (Å²) in [4.78, 5) is 28.1. The number of amides is 2. The van der Waals surface area contributed by atoms with Gasteiger partial charge < -0.3 is 5.32 Å². The average Bonchev–Trinajstić information content (AvgIpc) is 2.99. The zero-order chi connectivity index (χ0) is 23.0. The maximum absolute atomic E-state index is 13.5. The minimum absolute atomic E-state index is 0.0737. The Balaban J connectivity index is 1.79. The first-order valence-electron chi connectivity index (χ1n) is 10.5. The third-order valence-corrected chi connectivity index (χ3v) is 6.08. The number of rotatable bonds is 5. The average molecular weight is 429 g/mol. The monoisotopic (exact) mass is 428 g/mol. The molecule has 32 heavy (non-hydrogen) atoms. The van der Waals surface area contributed by atoms with Crippen LogP contribution < -0.4 is 5.32 Å². The maximum atomic E-state index is 13.5. The lowest BCUT2D eigenvalue weighted by Crippen LogP contribution is -2.32. The first-order valence-corrected chi connectivity index (χ1v) is 10.5. The molecule has 162 valence electrons. The fourth-order valence-corrected chi connectivity index (χ4v) is 3.79. The molecular weight excluding hydrogens is 403 g/mol. The summed E-state index contributed by atoms with van der Waals surface area (Å²) in [5, 5.41) is 3.25. The van der Waals surface area contributed by atoms with Crippen molar-refractivity contribution in [3.05, 3.63) is 106 Å². The molecule has 4 nitrogen and oxygen atoms in total. The van der Waals surface area contributed by atoms with Gasteiger partial charge in [-0.1, -0.05) is 42.5 Å². The van der Waals surface area contributed by atoms with E-state index in [0.29, 0.717) is 16.7 Å². The molecule has 4 rings (SSSR count). The standard InChI is InChI=1S/C27H25FN2O2/c1-16-8-11-21(14-18(16)3)24-25(29-23-7-5-6-17(2)19(23)4)27(32)30(26(24)31)15-20-9-12-22(28)13-10-20/h5-14,29H,15H2,1-4H3. The Hall–Kier alpha value is -3.73. The van der Waals surface area contributed by atoms with Crippen molar-refractivity contribution in [2.75, 3.05) is 5.32 Å². The topological polar surface area (TPSA) is 49.4 Å². The lowest BCUT2D eigenvalue weighted by Gasteiger charge is -2.16. The van der Waals surface area contributed by atoms with Crippen molar-refractivity contribution in [3.8, 4) is 0 Å². The third kappa shape index (κ3) is 3.94. The number of carbonyl (C=O) groups is 2. The molecule has 1 heterocycles. The van der Waals surface area contributed by atoms with Gasteiger partial charge in [-0.3, -0.25) is 14.5 Å². The molecule has 0 fully saturated rings. The Kier molecular flexibility index (Phi) is 5.66. The van der Waals surface area contributed by atoms with Crippen molar-refractivity contribution in [1.29, 1.82) is 0 Å². The van der Waals surface area contributed by atoms with Gasteiger partial charge in [-0.2, -0.15) is 0 Å². The van der Waals surface area contributed by atoms with Crippen LogP contribution in [0.1, 0.15) is 33.4 Å². The van der Waals surface area contributed by atoms with E-state index in [9.17, 15) is 14.0 Å². The molecule has 0 spiro atoms. The second-order valence-electron chi connectivity index (χ2n) is 8.24. The summed E-state index contributed by atoms with van der Waals surface area (Å²) in [6, 6.07) is 17.4. The molecule has 1 aliphatic heterocycles. The minimum atomic E-state index is -0.395. The number of nitrogens with zero attached hydrogens (tertiary/aromatic N) is 1. The normalized spacial score (nSPS) is 13.8.